The van der Waals surface area contributed by atoms with Gasteiger partial charge in [-0.15, -0.1) is 11.3 Å². The molecule has 0 aliphatic carbocycles. The molecule has 0 saturated carbocycles. The summed E-state index contributed by atoms with van der Waals surface area (Å²) in [7, 11) is 0. The van der Waals surface area contributed by atoms with E-state index in [0.29, 0.717) is 18.8 Å². The van der Waals surface area contributed by atoms with Crippen molar-refractivity contribution in [2.75, 3.05) is 31.1 Å². The molecule has 3 rings (SSSR count). The smallest absolute Gasteiger partial charge is 0.387 e. The highest BCUT2D eigenvalue weighted by Gasteiger charge is 2.26. The van der Waals surface area contributed by atoms with Crippen molar-refractivity contribution in [3.63, 3.8) is 0 Å². The summed E-state index contributed by atoms with van der Waals surface area (Å²) in [6.45, 7) is 6.17. The lowest BCUT2D eigenvalue weighted by Gasteiger charge is -2.22. The van der Waals surface area contributed by atoms with Gasteiger partial charge >= 0.3 is 6.61 Å². The number of thiazole rings is 1. The molecule has 6 nitrogen and oxygen atoms in total. The summed E-state index contributed by atoms with van der Waals surface area (Å²) in [6, 6.07) is 7.11. The van der Waals surface area contributed by atoms with Gasteiger partial charge in [-0.2, -0.15) is 8.78 Å². The third-order valence-electron chi connectivity index (χ3n) is 4.90. The lowest BCUT2D eigenvalue weighted by Crippen LogP contribution is -2.44. The van der Waals surface area contributed by atoms with E-state index in [-0.39, 0.29) is 11.8 Å². The number of hydrogen-bond donors (Lipinski definition) is 2. The first kappa shape index (κ1) is 22.3. The third-order valence-corrected chi connectivity index (χ3v) is 6.04. The van der Waals surface area contributed by atoms with Gasteiger partial charge in [0.25, 0.3) is 0 Å². The minimum absolute atomic E-state index is 0.176. The Hall–Kier alpha value is -2.42. The van der Waals surface area contributed by atoms with E-state index in [9.17, 15) is 8.78 Å². The van der Waals surface area contributed by atoms with E-state index in [2.05, 4.69) is 25.3 Å². The molecule has 1 aliphatic heterocycles. The first-order valence-electron chi connectivity index (χ1n) is 10.2. The van der Waals surface area contributed by atoms with Gasteiger partial charge in [-0.05, 0) is 39.3 Å². The molecule has 0 amide bonds. The molecule has 1 unspecified atom stereocenters. The Kier molecular flexibility index (Phi) is 7.84. The SMILES string of the molecule is CCNC(=NCCc1sc(C)nc1C)NC1CCN(c2ccccc2OC(F)F)C1. The van der Waals surface area contributed by atoms with E-state index in [1.54, 1.807) is 23.5 Å². The number of hydrogen-bond acceptors (Lipinski definition) is 5. The highest BCUT2D eigenvalue weighted by atomic mass is 32.1. The number of nitrogens with zero attached hydrogens (tertiary/aromatic N) is 3. The Morgan fingerprint density at radius 2 is 2.17 bits per heavy atom. The number of rotatable bonds is 8. The predicted molar refractivity (Wildman–Crippen MR) is 118 cm³/mol. The molecule has 1 aromatic heterocycles. The Labute approximate surface area is 180 Å². The molecule has 2 N–H and O–H groups in total. The Balaban J connectivity index is 1.59. The number of aliphatic imine (C=N–C) groups is 1. The average molecular weight is 438 g/mol. The van der Waals surface area contributed by atoms with Gasteiger partial charge in [0.05, 0.1) is 16.4 Å². The van der Waals surface area contributed by atoms with Crippen LogP contribution in [0.25, 0.3) is 0 Å². The van der Waals surface area contributed by atoms with Crippen LogP contribution in [0.2, 0.25) is 0 Å². The van der Waals surface area contributed by atoms with Gasteiger partial charge in [0.1, 0.15) is 5.75 Å². The summed E-state index contributed by atoms with van der Waals surface area (Å²) in [4.78, 5) is 12.5. The summed E-state index contributed by atoms with van der Waals surface area (Å²) in [6.07, 6.45) is 1.75. The number of ether oxygens (including phenoxy) is 1. The second-order valence-corrected chi connectivity index (χ2v) is 8.46. The molecule has 30 heavy (non-hydrogen) atoms. The average Bonchev–Trinajstić information content (AvgIpc) is 3.28. The van der Waals surface area contributed by atoms with Crippen LogP contribution in [0.1, 0.15) is 28.9 Å². The Bertz CT molecular complexity index is 858. The lowest BCUT2D eigenvalue weighted by atomic mass is 10.2. The maximum atomic E-state index is 12.7. The number of halogens is 2. The first-order chi connectivity index (χ1) is 14.5. The van der Waals surface area contributed by atoms with E-state index >= 15 is 0 Å². The fourth-order valence-corrected chi connectivity index (χ4v) is 4.52. The molecule has 2 aromatic rings. The highest BCUT2D eigenvalue weighted by Crippen LogP contribution is 2.31. The van der Waals surface area contributed by atoms with E-state index in [0.717, 1.165) is 42.6 Å². The van der Waals surface area contributed by atoms with Crippen molar-refractivity contribution in [1.29, 1.82) is 0 Å². The van der Waals surface area contributed by atoms with E-state index in [1.165, 1.54) is 4.88 Å². The molecule has 0 radical (unpaired) electrons. The van der Waals surface area contributed by atoms with Crippen molar-refractivity contribution in [1.82, 2.24) is 15.6 Å². The zero-order valence-corrected chi connectivity index (χ0v) is 18.4. The number of aromatic nitrogens is 1. The molecule has 0 spiro atoms. The zero-order chi connectivity index (χ0) is 21.5. The quantitative estimate of drug-likeness (QED) is 0.487. The fraction of sp³-hybridized carbons (Fsp3) is 0.524. The number of alkyl halides is 2. The minimum Gasteiger partial charge on any atom is -0.433 e. The van der Waals surface area contributed by atoms with Crippen LogP contribution in [-0.4, -0.2) is 49.8 Å². The Morgan fingerprint density at radius 3 is 2.87 bits per heavy atom. The van der Waals surface area contributed by atoms with Crippen LogP contribution < -0.4 is 20.3 Å². The van der Waals surface area contributed by atoms with Crippen molar-refractivity contribution >= 4 is 23.0 Å². The fourth-order valence-electron chi connectivity index (χ4n) is 3.60. The van der Waals surface area contributed by atoms with Crippen molar-refractivity contribution in [2.45, 2.75) is 46.3 Å². The molecule has 0 bridgehead atoms. The molecule has 1 saturated heterocycles. The number of aryl methyl sites for hydroxylation is 2. The molecule has 1 atom stereocenters. The third kappa shape index (κ3) is 6.04. The van der Waals surface area contributed by atoms with Gasteiger partial charge < -0.3 is 20.3 Å². The van der Waals surface area contributed by atoms with Crippen molar-refractivity contribution in [3.8, 4) is 5.75 Å². The second kappa shape index (κ2) is 10.6. The van der Waals surface area contributed by atoms with Crippen LogP contribution in [-0.2, 0) is 6.42 Å². The van der Waals surface area contributed by atoms with Gasteiger partial charge in [-0.3, -0.25) is 4.99 Å². The van der Waals surface area contributed by atoms with Crippen molar-refractivity contribution in [3.05, 3.63) is 39.8 Å². The van der Waals surface area contributed by atoms with Crippen LogP contribution in [0.15, 0.2) is 29.3 Å². The molecule has 1 aliphatic rings. The van der Waals surface area contributed by atoms with Gasteiger partial charge in [-0.25, -0.2) is 4.98 Å². The van der Waals surface area contributed by atoms with Crippen LogP contribution in [0.4, 0.5) is 14.5 Å². The van der Waals surface area contributed by atoms with Crippen LogP contribution in [0, 0.1) is 13.8 Å². The maximum Gasteiger partial charge on any atom is 0.387 e. The molecule has 1 fully saturated rings. The number of guanidine groups is 1. The summed E-state index contributed by atoms with van der Waals surface area (Å²) in [5, 5.41) is 7.85. The van der Waals surface area contributed by atoms with Gasteiger partial charge in [-0.1, -0.05) is 12.1 Å². The normalized spacial score (nSPS) is 16.9. The number of anilines is 1. The van der Waals surface area contributed by atoms with Crippen LogP contribution in [0.5, 0.6) is 5.75 Å². The summed E-state index contributed by atoms with van der Waals surface area (Å²) in [5.74, 6) is 0.990. The standard InChI is InChI=1S/C21H29F2N5OS/c1-4-24-21(25-11-9-19-14(2)26-15(3)30-19)27-16-10-12-28(13-16)17-7-5-6-8-18(17)29-20(22)23/h5-8,16,20H,4,9-13H2,1-3H3,(H2,24,25,27). The van der Waals surface area contributed by atoms with Crippen LogP contribution in [0.3, 0.4) is 0 Å². The molecule has 164 valence electrons. The highest BCUT2D eigenvalue weighted by molar-refractivity contribution is 7.11. The molecular formula is C21H29F2N5OS. The monoisotopic (exact) mass is 437 g/mol. The zero-order valence-electron chi connectivity index (χ0n) is 17.6. The predicted octanol–water partition coefficient (Wildman–Crippen LogP) is 3.74. The molecule has 2 heterocycles. The second-order valence-electron chi connectivity index (χ2n) is 7.17. The number of benzene rings is 1. The first-order valence-corrected chi connectivity index (χ1v) is 11.0. The Morgan fingerprint density at radius 1 is 1.37 bits per heavy atom. The van der Waals surface area contributed by atoms with Crippen molar-refractivity contribution in [2.24, 2.45) is 4.99 Å². The maximum absolute atomic E-state index is 12.7. The molecule has 9 heteroatoms. The number of nitrogens with one attached hydrogen (secondary N) is 2. The van der Waals surface area contributed by atoms with Gasteiger partial charge in [0.15, 0.2) is 5.96 Å². The summed E-state index contributed by atoms with van der Waals surface area (Å²) >= 11 is 1.72. The molecular weight excluding hydrogens is 408 g/mol. The summed E-state index contributed by atoms with van der Waals surface area (Å²) < 4.78 is 30.1. The van der Waals surface area contributed by atoms with Crippen molar-refractivity contribution < 1.29 is 13.5 Å². The minimum atomic E-state index is -2.83. The lowest BCUT2D eigenvalue weighted by molar-refractivity contribution is -0.0495. The largest absolute Gasteiger partial charge is 0.433 e. The van der Waals surface area contributed by atoms with E-state index in [4.69, 9.17) is 4.99 Å². The molecule has 1 aromatic carbocycles. The van der Waals surface area contributed by atoms with E-state index in [1.807, 2.05) is 32.9 Å². The number of para-hydroxylation sites is 2. The van der Waals surface area contributed by atoms with E-state index < -0.39 is 6.61 Å². The summed E-state index contributed by atoms with van der Waals surface area (Å²) in [5.41, 5.74) is 1.78. The van der Waals surface area contributed by atoms with Gasteiger partial charge in [0, 0.05) is 43.5 Å². The topological polar surface area (TPSA) is 61.8 Å². The van der Waals surface area contributed by atoms with Crippen LogP contribution >= 0.6 is 11.3 Å². The van der Waals surface area contributed by atoms with Gasteiger partial charge in [0.2, 0.25) is 0 Å².